The number of fused-ring (bicyclic) bond motifs is 1. The summed E-state index contributed by atoms with van der Waals surface area (Å²) >= 11 is 1.03. The normalized spacial score (nSPS) is 11.2. The van der Waals surface area contributed by atoms with E-state index < -0.39 is 21.8 Å². The lowest BCUT2D eigenvalue weighted by molar-refractivity contribution is 0.0703. The molecule has 1 aromatic heterocycles. The molecule has 0 aliphatic rings. The molecule has 0 unspecified atom stereocenters. The molecule has 0 amide bonds. The summed E-state index contributed by atoms with van der Waals surface area (Å²) in [6.07, 6.45) is 0. The number of nitrogens with one attached hydrogen (secondary N) is 1. The van der Waals surface area contributed by atoms with Gasteiger partial charge in [0.1, 0.15) is 22.2 Å². The monoisotopic (exact) mass is 544 g/mol. The predicted molar refractivity (Wildman–Crippen MR) is 143 cm³/mol. The number of rotatable bonds is 7. The second-order valence-corrected chi connectivity index (χ2v) is 10.8. The lowest BCUT2D eigenvalue weighted by Crippen LogP contribution is -2.13. The molecular weight excluding hydrogens is 527 g/mol. The van der Waals surface area contributed by atoms with Gasteiger partial charge in [-0.2, -0.15) is 5.26 Å². The first kappa shape index (κ1) is 25.0. The molecule has 7 nitrogen and oxygen atoms in total. The Bertz CT molecular complexity index is 1840. The van der Waals surface area contributed by atoms with Crippen molar-refractivity contribution in [3.63, 3.8) is 0 Å². The summed E-state index contributed by atoms with van der Waals surface area (Å²) < 4.78 is 47.6. The predicted octanol–water partition coefficient (Wildman–Crippen LogP) is 6.87. The summed E-state index contributed by atoms with van der Waals surface area (Å²) in [5.41, 5.74) is 1.43. The first-order valence-corrected chi connectivity index (χ1v) is 13.5. The molecule has 1 heterocycles. The maximum atomic E-state index is 13.3. The van der Waals surface area contributed by atoms with Crippen LogP contribution in [0.3, 0.4) is 0 Å². The zero-order valence-corrected chi connectivity index (χ0v) is 21.0. The van der Waals surface area contributed by atoms with E-state index in [2.05, 4.69) is 10.8 Å². The zero-order valence-electron chi connectivity index (χ0n) is 19.4. The molecule has 2 N–H and O–H groups in total. The van der Waals surface area contributed by atoms with Crippen LogP contribution in [0.25, 0.3) is 21.9 Å². The van der Waals surface area contributed by atoms with Crippen molar-refractivity contribution >= 4 is 43.8 Å². The van der Waals surface area contributed by atoms with Gasteiger partial charge in [-0.1, -0.05) is 12.1 Å². The smallest absolute Gasteiger partial charge is 0.346 e. The number of anilines is 1. The molecule has 0 aliphatic carbocycles. The Morgan fingerprint density at radius 1 is 0.921 bits per heavy atom. The van der Waals surface area contributed by atoms with Crippen molar-refractivity contribution in [1.29, 1.82) is 5.26 Å². The van der Waals surface area contributed by atoms with Crippen LogP contribution in [-0.2, 0) is 10.0 Å². The van der Waals surface area contributed by atoms with E-state index in [9.17, 15) is 22.7 Å². The Balaban J connectivity index is 1.55. The van der Waals surface area contributed by atoms with Gasteiger partial charge >= 0.3 is 5.97 Å². The highest BCUT2D eigenvalue weighted by atomic mass is 32.2. The van der Waals surface area contributed by atoms with Gasteiger partial charge in [0.05, 0.1) is 16.5 Å². The fraction of sp³-hybridized carbons (Fsp3) is 0. The molecule has 0 aliphatic heterocycles. The highest BCUT2D eigenvalue weighted by molar-refractivity contribution is 7.92. The van der Waals surface area contributed by atoms with Gasteiger partial charge < -0.3 is 9.84 Å². The molecular formula is C28H17FN2O5S2. The van der Waals surface area contributed by atoms with E-state index >= 15 is 0 Å². The van der Waals surface area contributed by atoms with Gasteiger partial charge in [-0.25, -0.2) is 17.6 Å². The molecule has 0 atom stereocenters. The van der Waals surface area contributed by atoms with E-state index in [4.69, 9.17) is 10.00 Å². The number of sulfonamides is 1. The second kappa shape index (κ2) is 9.97. The van der Waals surface area contributed by atoms with E-state index in [1.165, 1.54) is 12.1 Å². The Morgan fingerprint density at radius 3 is 2.39 bits per heavy atom. The fourth-order valence-corrected chi connectivity index (χ4v) is 5.69. The van der Waals surface area contributed by atoms with Gasteiger partial charge in [-0.15, -0.1) is 11.3 Å². The molecule has 10 heteroatoms. The van der Waals surface area contributed by atoms with Gasteiger partial charge in [0.15, 0.2) is 0 Å². The van der Waals surface area contributed by atoms with Crippen LogP contribution in [-0.4, -0.2) is 19.5 Å². The molecule has 0 radical (unpaired) electrons. The third kappa shape index (κ3) is 5.06. The highest BCUT2D eigenvalue weighted by Gasteiger charge is 2.20. The number of carbonyl (C=O) groups is 1. The summed E-state index contributed by atoms with van der Waals surface area (Å²) in [7, 11) is -4.04. The maximum absolute atomic E-state index is 13.3. The average Bonchev–Trinajstić information content (AvgIpc) is 3.40. The van der Waals surface area contributed by atoms with Crippen LogP contribution in [0, 0.1) is 17.1 Å². The number of carboxylic acid groups (broad SMARTS) is 1. The van der Waals surface area contributed by atoms with E-state index in [-0.39, 0.29) is 15.5 Å². The van der Waals surface area contributed by atoms with Gasteiger partial charge in [-0.3, -0.25) is 4.72 Å². The van der Waals surface area contributed by atoms with Crippen molar-refractivity contribution in [2.24, 2.45) is 0 Å². The molecule has 188 valence electrons. The van der Waals surface area contributed by atoms with E-state index in [1.54, 1.807) is 47.8 Å². The second-order valence-electron chi connectivity index (χ2n) is 8.18. The number of ether oxygens (including phenoxy) is 1. The third-order valence-electron chi connectivity index (χ3n) is 5.67. The molecule has 0 saturated carbocycles. The SMILES string of the molecule is N#Cc1ccc2cc(Oc3ccc(NS(=O)(=O)c4ccc(F)cc4)cc3-c3ccsc3C(=O)O)ccc2c1. The average molecular weight is 545 g/mol. The fourth-order valence-electron chi connectivity index (χ4n) is 3.89. The largest absolute Gasteiger partial charge is 0.477 e. The van der Waals surface area contributed by atoms with Crippen molar-refractivity contribution in [3.8, 4) is 28.7 Å². The van der Waals surface area contributed by atoms with Crippen molar-refractivity contribution < 1.29 is 27.4 Å². The van der Waals surface area contributed by atoms with Crippen LogP contribution in [0.2, 0.25) is 0 Å². The lowest BCUT2D eigenvalue weighted by atomic mass is 10.0. The Kier molecular flexibility index (Phi) is 6.55. The van der Waals surface area contributed by atoms with Crippen LogP contribution < -0.4 is 9.46 Å². The number of halogens is 1. The molecule has 0 bridgehead atoms. The molecule has 5 aromatic rings. The Hall–Kier alpha value is -4.72. The molecule has 38 heavy (non-hydrogen) atoms. The molecule has 4 aromatic carbocycles. The molecule has 5 rings (SSSR count). The quantitative estimate of drug-likeness (QED) is 0.231. The number of aromatic carboxylic acids is 1. The summed E-state index contributed by atoms with van der Waals surface area (Å²) in [6, 6.07) is 23.2. The lowest BCUT2D eigenvalue weighted by Gasteiger charge is -2.15. The minimum Gasteiger partial charge on any atom is -0.477 e. The molecule has 0 fully saturated rings. The third-order valence-corrected chi connectivity index (χ3v) is 7.97. The van der Waals surface area contributed by atoms with Crippen LogP contribution >= 0.6 is 11.3 Å². The molecule has 0 spiro atoms. The van der Waals surface area contributed by atoms with Crippen molar-refractivity contribution in [1.82, 2.24) is 0 Å². The zero-order chi connectivity index (χ0) is 26.9. The van der Waals surface area contributed by atoms with Gasteiger partial charge in [0, 0.05) is 16.8 Å². The van der Waals surface area contributed by atoms with E-state index in [0.717, 1.165) is 46.4 Å². The van der Waals surface area contributed by atoms with Crippen molar-refractivity contribution in [2.75, 3.05) is 4.72 Å². The standard InChI is InChI=1S/C28H17FN2O5S2/c29-20-4-8-23(9-5-20)38(34,35)31-21-6-10-26(25(15-21)24-11-12-37-27(24)28(32)33)36-22-7-3-18-13-17(16-30)1-2-19(18)14-22/h1-15,31H,(H,32,33). The van der Waals surface area contributed by atoms with Crippen LogP contribution in [0.1, 0.15) is 15.2 Å². The minimum atomic E-state index is -4.04. The Labute approximate surface area is 221 Å². The van der Waals surface area contributed by atoms with E-state index in [0.29, 0.717) is 28.2 Å². The number of nitriles is 1. The number of hydrogen-bond acceptors (Lipinski definition) is 6. The van der Waals surface area contributed by atoms with Gasteiger partial charge in [-0.05, 0) is 88.9 Å². The Morgan fingerprint density at radius 2 is 1.66 bits per heavy atom. The number of benzene rings is 4. The minimum absolute atomic E-state index is 0.0657. The summed E-state index contributed by atoms with van der Waals surface area (Å²) in [5.74, 6) is -0.915. The number of thiophene rings is 1. The van der Waals surface area contributed by atoms with Crippen LogP contribution in [0.5, 0.6) is 11.5 Å². The molecule has 0 saturated heterocycles. The maximum Gasteiger partial charge on any atom is 0.346 e. The topological polar surface area (TPSA) is 116 Å². The summed E-state index contributed by atoms with van der Waals surface area (Å²) in [6.45, 7) is 0. The van der Waals surface area contributed by atoms with Crippen molar-refractivity contribution in [3.05, 3.63) is 107 Å². The van der Waals surface area contributed by atoms with Gasteiger partial charge in [0.2, 0.25) is 0 Å². The first-order chi connectivity index (χ1) is 18.2. The number of nitrogens with zero attached hydrogens (tertiary/aromatic N) is 1. The van der Waals surface area contributed by atoms with Crippen LogP contribution in [0.4, 0.5) is 10.1 Å². The van der Waals surface area contributed by atoms with Gasteiger partial charge in [0.25, 0.3) is 10.0 Å². The summed E-state index contributed by atoms with van der Waals surface area (Å²) in [4.78, 5) is 11.8. The van der Waals surface area contributed by atoms with E-state index in [1.807, 2.05) is 6.07 Å². The first-order valence-electron chi connectivity index (χ1n) is 11.1. The highest BCUT2D eigenvalue weighted by Crippen LogP contribution is 2.40. The number of hydrogen-bond donors (Lipinski definition) is 2. The summed E-state index contributed by atoms with van der Waals surface area (Å²) in [5, 5.41) is 22.1. The van der Waals surface area contributed by atoms with Crippen molar-refractivity contribution in [2.45, 2.75) is 4.90 Å². The number of carboxylic acids is 1. The van der Waals surface area contributed by atoms with Crippen LogP contribution in [0.15, 0.2) is 95.2 Å².